The highest BCUT2D eigenvalue weighted by Crippen LogP contribution is 2.23. The number of halogens is 1. The lowest BCUT2D eigenvalue weighted by Crippen LogP contribution is -2.44. The maximum atomic E-state index is 12.9. The molecule has 1 fully saturated rings. The zero-order chi connectivity index (χ0) is 19.4. The van der Waals surface area contributed by atoms with Crippen LogP contribution in [0.25, 0.3) is 0 Å². The monoisotopic (exact) mass is 397 g/mol. The van der Waals surface area contributed by atoms with Crippen molar-refractivity contribution in [1.82, 2.24) is 9.46 Å². The van der Waals surface area contributed by atoms with E-state index >= 15 is 0 Å². The maximum Gasteiger partial charge on any atom is 0.244 e. The van der Waals surface area contributed by atoms with Gasteiger partial charge in [0.1, 0.15) is 30.0 Å². The summed E-state index contributed by atoms with van der Waals surface area (Å²) in [6.07, 6.45) is 1.02. The number of carbonyl (C=O) groups excluding carboxylic acids is 1. The lowest BCUT2D eigenvalue weighted by atomic mass is 10.2. The third-order valence-electron chi connectivity index (χ3n) is 4.17. The van der Waals surface area contributed by atoms with Crippen LogP contribution in [0.4, 0.5) is 10.2 Å². The molecular formula is C17H20FN3O5S. The molecule has 2 heterocycles. The molecule has 1 saturated heterocycles. The first-order valence-corrected chi connectivity index (χ1v) is 10.1. The van der Waals surface area contributed by atoms with Crippen LogP contribution in [0.15, 0.2) is 34.9 Å². The van der Waals surface area contributed by atoms with Crippen molar-refractivity contribution in [2.75, 3.05) is 24.2 Å². The van der Waals surface area contributed by atoms with Crippen LogP contribution >= 0.6 is 0 Å². The van der Waals surface area contributed by atoms with Crippen molar-refractivity contribution < 1.29 is 26.9 Å². The molecule has 1 aromatic carbocycles. The van der Waals surface area contributed by atoms with E-state index in [4.69, 9.17) is 9.26 Å². The first-order valence-electron chi connectivity index (χ1n) is 8.47. The van der Waals surface area contributed by atoms with E-state index in [1.54, 1.807) is 13.0 Å². The minimum atomic E-state index is -3.69. The van der Waals surface area contributed by atoms with Crippen molar-refractivity contribution in [2.24, 2.45) is 0 Å². The highest BCUT2D eigenvalue weighted by molar-refractivity contribution is 7.89. The molecule has 8 nitrogen and oxygen atoms in total. The average Bonchev–Trinajstić information content (AvgIpc) is 3.26. The van der Waals surface area contributed by atoms with E-state index < -0.39 is 27.8 Å². The Bertz CT molecular complexity index is 898. The number of aryl methyl sites for hydroxylation is 1. The van der Waals surface area contributed by atoms with Gasteiger partial charge in [-0.15, -0.1) is 0 Å². The second kappa shape index (κ2) is 8.05. The predicted octanol–water partition coefficient (Wildman–Crippen LogP) is 1.93. The van der Waals surface area contributed by atoms with Gasteiger partial charge in [-0.25, -0.2) is 12.8 Å². The number of anilines is 1. The summed E-state index contributed by atoms with van der Waals surface area (Å²) >= 11 is 0. The van der Waals surface area contributed by atoms with E-state index in [0.29, 0.717) is 24.4 Å². The molecule has 0 unspecified atom stereocenters. The van der Waals surface area contributed by atoms with Gasteiger partial charge in [-0.3, -0.25) is 4.79 Å². The lowest BCUT2D eigenvalue weighted by molar-refractivity contribution is -0.119. The average molecular weight is 397 g/mol. The minimum absolute atomic E-state index is 0.0959. The summed E-state index contributed by atoms with van der Waals surface area (Å²) < 4.78 is 49.6. The molecule has 1 atom stereocenters. The molecule has 1 amide bonds. The molecule has 0 spiro atoms. The van der Waals surface area contributed by atoms with Gasteiger partial charge in [-0.05, 0) is 44.0 Å². The Morgan fingerprint density at radius 2 is 2.15 bits per heavy atom. The Morgan fingerprint density at radius 1 is 1.41 bits per heavy atom. The molecule has 1 aliphatic rings. The van der Waals surface area contributed by atoms with Gasteiger partial charge >= 0.3 is 0 Å². The molecule has 1 aliphatic heterocycles. The van der Waals surface area contributed by atoms with E-state index in [1.165, 1.54) is 28.6 Å². The Morgan fingerprint density at radius 3 is 2.81 bits per heavy atom. The lowest BCUT2D eigenvalue weighted by Gasteiger charge is -2.23. The van der Waals surface area contributed by atoms with Gasteiger partial charge in [0.25, 0.3) is 0 Å². The Labute approximate surface area is 156 Å². The van der Waals surface area contributed by atoms with E-state index in [2.05, 4.69) is 10.5 Å². The Balaban J connectivity index is 1.58. The zero-order valence-electron chi connectivity index (χ0n) is 14.7. The second-order valence-corrected chi connectivity index (χ2v) is 8.24. The molecule has 10 heteroatoms. The van der Waals surface area contributed by atoms with Crippen molar-refractivity contribution in [3.8, 4) is 5.75 Å². The van der Waals surface area contributed by atoms with Crippen molar-refractivity contribution in [3.63, 3.8) is 0 Å². The highest BCUT2D eigenvalue weighted by Gasteiger charge is 2.38. The van der Waals surface area contributed by atoms with Gasteiger partial charge < -0.3 is 14.6 Å². The quantitative estimate of drug-likeness (QED) is 0.766. The number of amides is 1. The summed E-state index contributed by atoms with van der Waals surface area (Å²) in [4.78, 5) is 12.4. The highest BCUT2D eigenvalue weighted by atomic mass is 32.2. The molecule has 27 heavy (non-hydrogen) atoms. The normalized spacial score (nSPS) is 17.8. The van der Waals surface area contributed by atoms with Gasteiger partial charge in [0.15, 0.2) is 5.82 Å². The molecule has 0 aliphatic carbocycles. The van der Waals surface area contributed by atoms with Crippen LogP contribution in [-0.2, 0) is 14.8 Å². The number of aromatic nitrogens is 1. The van der Waals surface area contributed by atoms with Gasteiger partial charge in [-0.1, -0.05) is 5.16 Å². The smallest absolute Gasteiger partial charge is 0.244 e. The largest absolute Gasteiger partial charge is 0.492 e. The molecule has 1 N–H and O–H groups in total. The van der Waals surface area contributed by atoms with Gasteiger partial charge in [0.2, 0.25) is 15.9 Å². The van der Waals surface area contributed by atoms with Crippen molar-refractivity contribution in [2.45, 2.75) is 25.8 Å². The molecule has 2 aromatic rings. The standard InChI is InChI=1S/C17H20FN3O5S/c1-12-11-16(20-26-12)19-17(22)15-3-2-8-21(15)27(23,24)10-9-25-14-6-4-13(18)5-7-14/h4-7,11,15H,2-3,8-10H2,1H3,(H,19,20,22)/t15-/m0/s1. The van der Waals surface area contributed by atoms with E-state index in [1.807, 2.05) is 0 Å². The number of rotatable bonds is 7. The van der Waals surface area contributed by atoms with Crippen LogP contribution in [0.2, 0.25) is 0 Å². The number of ether oxygens (including phenoxy) is 1. The summed E-state index contributed by atoms with van der Waals surface area (Å²) in [5.41, 5.74) is 0. The molecule has 3 rings (SSSR count). The van der Waals surface area contributed by atoms with Gasteiger partial charge in [0, 0.05) is 12.6 Å². The summed E-state index contributed by atoms with van der Waals surface area (Å²) in [7, 11) is -3.69. The first kappa shape index (κ1) is 19.3. The number of carbonyl (C=O) groups is 1. The van der Waals surface area contributed by atoms with Crippen LogP contribution in [-0.4, -0.2) is 48.7 Å². The predicted molar refractivity (Wildman–Crippen MR) is 95.3 cm³/mol. The van der Waals surface area contributed by atoms with E-state index in [0.717, 1.165) is 0 Å². The van der Waals surface area contributed by atoms with Gasteiger partial charge in [0.05, 0.1) is 5.75 Å². The fourth-order valence-corrected chi connectivity index (χ4v) is 4.41. The van der Waals surface area contributed by atoms with Crippen LogP contribution in [0.3, 0.4) is 0 Å². The first-order chi connectivity index (χ1) is 12.8. The van der Waals surface area contributed by atoms with Crippen LogP contribution in [0.1, 0.15) is 18.6 Å². The maximum absolute atomic E-state index is 12.9. The number of benzene rings is 1. The van der Waals surface area contributed by atoms with Crippen molar-refractivity contribution >= 4 is 21.7 Å². The number of sulfonamides is 1. The van der Waals surface area contributed by atoms with Crippen LogP contribution in [0, 0.1) is 12.7 Å². The number of hydrogen-bond donors (Lipinski definition) is 1. The summed E-state index contributed by atoms with van der Waals surface area (Å²) in [5.74, 6) is 0.0494. The fourth-order valence-electron chi connectivity index (χ4n) is 2.88. The number of nitrogens with zero attached hydrogens (tertiary/aromatic N) is 2. The van der Waals surface area contributed by atoms with E-state index in [-0.39, 0.29) is 24.7 Å². The van der Waals surface area contributed by atoms with Crippen molar-refractivity contribution in [1.29, 1.82) is 0 Å². The summed E-state index contributed by atoms with van der Waals surface area (Å²) in [5, 5.41) is 6.26. The Hall–Kier alpha value is -2.46. The second-order valence-electron chi connectivity index (χ2n) is 6.20. The van der Waals surface area contributed by atoms with E-state index in [9.17, 15) is 17.6 Å². The molecular weight excluding hydrogens is 377 g/mol. The summed E-state index contributed by atoms with van der Waals surface area (Å²) in [6.45, 7) is 1.87. The third kappa shape index (κ3) is 4.83. The molecule has 0 bridgehead atoms. The summed E-state index contributed by atoms with van der Waals surface area (Å²) in [6, 6.07) is 6.08. The topological polar surface area (TPSA) is 102 Å². The SMILES string of the molecule is Cc1cc(NC(=O)[C@@H]2CCCN2S(=O)(=O)CCOc2ccc(F)cc2)no1. The molecule has 0 saturated carbocycles. The van der Waals surface area contributed by atoms with Crippen molar-refractivity contribution in [3.05, 3.63) is 41.9 Å². The minimum Gasteiger partial charge on any atom is -0.492 e. The molecule has 146 valence electrons. The zero-order valence-corrected chi connectivity index (χ0v) is 15.5. The third-order valence-corrected chi connectivity index (χ3v) is 6.00. The number of nitrogens with one attached hydrogen (secondary N) is 1. The number of hydrogen-bond acceptors (Lipinski definition) is 6. The van der Waals surface area contributed by atoms with Crippen LogP contribution in [0.5, 0.6) is 5.75 Å². The molecule has 0 radical (unpaired) electrons. The molecule has 1 aromatic heterocycles. The van der Waals surface area contributed by atoms with Crippen LogP contribution < -0.4 is 10.1 Å². The Kier molecular flexibility index (Phi) is 5.76. The fraction of sp³-hybridized carbons (Fsp3) is 0.412. The van der Waals surface area contributed by atoms with Gasteiger partial charge in [-0.2, -0.15) is 4.31 Å².